The monoisotopic (exact) mass is 368 g/mol. The first kappa shape index (κ1) is 19.2. The summed E-state index contributed by atoms with van der Waals surface area (Å²) < 4.78 is 5.48. The molecular formula is C22H30N3O2+. The van der Waals surface area contributed by atoms with Crippen LogP contribution in [0.1, 0.15) is 18.1 Å². The number of aryl methyl sites for hydroxylation is 2. The first-order chi connectivity index (χ1) is 13.0. The van der Waals surface area contributed by atoms with Crippen LogP contribution >= 0.6 is 0 Å². The normalized spacial score (nSPS) is 16.1. The Labute approximate surface area is 161 Å². The van der Waals surface area contributed by atoms with Crippen LogP contribution in [0.25, 0.3) is 0 Å². The number of benzene rings is 2. The van der Waals surface area contributed by atoms with Gasteiger partial charge < -0.3 is 19.9 Å². The minimum atomic E-state index is -0.0782. The zero-order valence-electron chi connectivity index (χ0n) is 16.7. The molecule has 0 aromatic heterocycles. The van der Waals surface area contributed by atoms with Crippen molar-refractivity contribution in [1.82, 2.24) is 0 Å². The van der Waals surface area contributed by atoms with Gasteiger partial charge in [-0.1, -0.05) is 29.8 Å². The molecular weight excluding hydrogens is 338 g/mol. The van der Waals surface area contributed by atoms with Crippen molar-refractivity contribution >= 4 is 17.3 Å². The van der Waals surface area contributed by atoms with Crippen molar-refractivity contribution in [3.63, 3.8) is 0 Å². The van der Waals surface area contributed by atoms with E-state index >= 15 is 0 Å². The molecule has 1 aliphatic rings. The van der Waals surface area contributed by atoms with Crippen molar-refractivity contribution in [1.29, 1.82) is 0 Å². The number of quaternary nitrogens is 1. The summed E-state index contributed by atoms with van der Waals surface area (Å²) >= 11 is 0. The third kappa shape index (κ3) is 4.42. The zero-order valence-corrected chi connectivity index (χ0v) is 16.7. The van der Waals surface area contributed by atoms with E-state index < -0.39 is 0 Å². The minimum absolute atomic E-state index is 0.0782. The Morgan fingerprint density at radius 3 is 2.52 bits per heavy atom. The number of hydrogen-bond acceptors (Lipinski definition) is 3. The van der Waals surface area contributed by atoms with Crippen LogP contribution < -0.4 is 19.9 Å². The summed E-state index contributed by atoms with van der Waals surface area (Å²) in [6, 6.07) is 14.2. The number of nitrogens with one attached hydrogen (secondary N) is 2. The van der Waals surface area contributed by atoms with E-state index in [2.05, 4.69) is 29.3 Å². The summed E-state index contributed by atoms with van der Waals surface area (Å²) in [7, 11) is 1.71. The zero-order chi connectivity index (χ0) is 19.4. The number of nitrogens with zero attached hydrogens (tertiary/aromatic N) is 1. The molecule has 0 saturated carbocycles. The molecule has 1 aliphatic heterocycles. The minimum Gasteiger partial charge on any atom is -0.495 e. The number of carbonyl (C=O) groups is 1. The molecule has 1 fully saturated rings. The quantitative estimate of drug-likeness (QED) is 0.849. The summed E-state index contributed by atoms with van der Waals surface area (Å²) in [6.07, 6.45) is 0. The fourth-order valence-electron chi connectivity index (χ4n) is 3.74. The van der Waals surface area contributed by atoms with Gasteiger partial charge in [-0.15, -0.1) is 0 Å². The molecule has 1 heterocycles. The molecule has 144 valence electrons. The maximum atomic E-state index is 12.7. The highest BCUT2D eigenvalue weighted by Crippen LogP contribution is 2.27. The van der Waals surface area contributed by atoms with Crippen LogP contribution in [-0.2, 0) is 4.79 Å². The van der Waals surface area contributed by atoms with Gasteiger partial charge in [-0.25, -0.2) is 0 Å². The lowest BCUT2D eigenvalue weighted by molar-refractivity contribution is -0.914. The molecule has 1 amide bonds. The third-order valence-corrected chi connectivity index (χ3v) is 5.48. The standard InChI is InChI=1S/C22H29N3O2/c1-16-9-10-19(17(2)15-16)23-22(26)18(3)24-11-13-25(14-12-24)20-7-5-6-8-21(20)27-4/h5-10,15,18H,11-14H2,1-4H3,(H,23,26)/p+1/t18-/m0/s1. The molecule has 0 bridgehead atoms. The summed E-state index contributed by atoms with van der Waals surface area (Å²) in [5.74, 6) is 0.990. The fraction of sp³-hybridized carbons (Fsp3) is 0.409. The number of methoxy groups -OCH3 is 1. The van der Waals surface area contributed by atoms with Crippen LogP contribution in [0, 0.1) is 13.8 Å². The highest BCUT2D eigenvalue weighted by Gasteiger charge is 2.30. The van der Waals surface area contributed by atoms with Gasteiger partial charge >= 0.3 is 0 Å². The van der Waals surface area contributed by atoms with Gasteiger partial charge in [0.15, 0.2) is 6.04 Å². The van der Waals surface area contributed by atoms with E-state index in [9.17, 15) is 4.79 Å². The summed E-state index contributed by atoms with van der Waals surface area (Å²) in [5.41, 5.74) is 4.35. The lowest BCUT2D eigenvalue weighted by Crippen LogP contribution is -3.19. The number of rotatable bonds is 5. The molecule has 2 aromatic carbocycles. The van der Waals surface area contributed by atoms with Crippen molar-refractivity contribution in [3.05, 3.63) is 53.6 Å². The van der Waals surface area contributed by atoms with E-state index in [1.165, 1.54) is 10.5 Å². The molecule has 0 radical (unpaired) electrons. The predicted molar refractivity (Wildman–Crippen MR) is 110 cm³/mol. The van der Waals surface area contributed by atoms with Gasteiger partial charge in [0.2, 0.25) is 0 Å². The van der Waals surface area contributed by atoms with Crippen molar-refractivity contribution in [3.8, 4) is 5.75 Å². The first-order valence-corrected chi connectivity index (χ1v) is 9.60. The lowest BCUT2D eigenvalue weighted by Gasteiger charge is -2.36. The molecule has 1 atom stereocenters. The fourth-order valence-corrected chi connectivity index (χ4v) is 3.74. The van der Waals surface area contributed by atoms with Gasteiger partial charge in [0, 0.05) is 5.69 Å². The first-order valence-electron chi connectivity index (χ1n) is 9.60. The lowest BCUT2D eigenvalue weighted by atomic mass is 10.1. The van der Waals surface area contributed by atoms with Crippen LogP contribution in [0.5, 0.6) is 5.75 Å². The predicted octanol–water partition coefficient (Wildman–Crippen LogP) is 2.04. The second-order valence-corrected chi connectivity index (χ2v) is 7.35. The van der Waals surface area contributed by atoms with E-state index in [0.29, 0.717) is 0 Å². The van der Waals surface area contributed by atoms with Crippen LogP contribution in [0.15, 0.2) is 42.5 Å². The average molecular weight is 369 g/mol. The molecule has 2 aromatic rings. The van der Waals surface area contributed by atoms with E-state index in [-0.39, 0.29) is 11.9 Å². The number of ether oxygens (including phenoxy) is 1. The number of piperazine rings is 1. The maximum absolute atomic E-state index is 12.7. The van der Waals surface area contributed by atoms with Crippen molar-refractivity contribution in [2.24, 2.45) is 0 Å². The Morgan fingerprint density at radius 2 is 1.85 bits per heavy atom. The summed E-state index contributed by atoms with van der Waals surface area (Å²) in [5, 5.41) is 3.10. The van der Waals surface area contributed by atoms with E-state index in [0.717, 1.165) is 48.9 Å². The smallest absolute Gasteiger partial charge is 0.282 e. The summed E-state index contributed by atoms with van der Waals surface area (Å²) in [6.45, 7) is 9.80. The largest absolute Gasteiger partial charge is 0.495 e. The van der Waals surface area contributed by atoms with Crippen molar-refractivity contribution < 1.29 is 14.4 Å². The van der Waals surface area contributed by atoms with Gasteiger partial charge in [0.05, 0.1) is 39.0 Å². The van der Waals surface area contributed by atoms with E-state index in [4.69, 9.17) is 4.74 Å². The number of para-hydroxylation sites is 2. The van der Waals surface area contributed by atoms with E-state index in [1.807, 2.05) is 44.2 Å². The van der Waals surface area contributed by atoms with Crippen LogP contribution in [-0.4, -0.2) is 45.2 Å². The van der Waals surface area contributed by atoms with Gasteiger partial charge in [0.25, 0.3) is 5.91 Å². The van der Waals surface area contributed by atoms with Crippen LogP contribution in [0.3, 0.4) is 0 Å². The second-order valence-electron chi connectivity index (χ2n) is 7.35. The number of anilines is 2. The maximum Gasteiger partial charge on any atom is 0.282 e. The van der Waals surface area contributed by atoms with Crippen LogP contribution in [0.2, 0.25) is 0 Å². The molecule has 0 aliphatic carbocycles. The molecule has 3 rings (SSSR count). The summed E-state index contributed by atoms with van der Waals surface area (Å²) in [4.78, 5) is 16.4. The van der Waals surface area contributed by atoms with Gasteiger partial charge in [0.1, 0.15) is 5.75 Å². The Hall–Kier alpha value is -2.53. The highest BCUT2D eigenvalue weighted by atomic mass is 16.5. The molecule has 5 heteroatoms. The van der Waals surface area contributed by atoms with E-state index in [1.54, 1.807) is 7.11 Å². The molecule has 27 heavy (non-hydrogen) atoms. The SMILES string of the molecule is COc1ccccc1N1CC[NH+]([C@@H](C)C(=O)Nc2ccc(C)cc2C)CC1. The Kier molecular flexibility index (Phi) is 6.01. The third-order valence-electron chi connectivity index (χ3n) is 5.48. The Bertz CT molecular complexity index is 798. The Balaban J connectivity index is 1.59. The molecule has 0 unspecified atom stereocenters. The Morgan fingerprint density at radius 1 is 1.15 bits per heavy atom. The molecule has 2 N–H and O–H groups in total. The topological polar surface area (TPSA) is 46.0 Å². The molecule has 0 spiro atoms. The van der Waals surface area contributed by atoms with Crippen molar-refractivity contribution in [2.75, 3.05) is 43.5 Å². The number of hydrogen-bond donors (Lipinski definition) is 2. The molecule has 1 saturated heterocycles. The highest BCUT2D eigenvalue weighted by molar-refractivity contribution is 5.94. The number of amides is 1. The van der Waals surface area contributed by atoms with Crippen LogP contribution in [0.4, 0.5) is 11.4 Å². The second kappa shape index (κ2) is 8.44. The van der Waals surface area contributed by atoms with Gasteiger partial charge in [-0.2, -0.15) is 0 Å². The van der Waals surface area contributed by atoms with Gasteiger partial charge in [-0.3, -0.25) is 4.79 Å². The van der Waals surface area contributed by atoms with Crippen molar-refractivity contribution in [2.45, 2.75) is 26.8 Å². The molecule has 5 nitrogen and oxygen atoms in total. The average Bonchev–Trinajstić information content (AvgIpc) is 2.69. The number of carbonyl (C=O) groups excluding carboxylic acids is 1. The van der Waals surface area contributed by atoms with Gasteiger partial charge in [-0.05, 0) is 44.5 Å².